The summed E-state index contributed by atoms with van der Waals surface area (Å²) in [6, 6.07) is 11.4. The van der Waals surface area contributed by atoms with Crippen molar-refractivity contribution in [2.24, 2.45) is 0 Å². The minimum atomic E-state index is -0.550. The molecule has 1 amide bonds. The fourth-order valence-electron chi connectivity index (χ4n) is 2.15. The van der Waals surface area contributed by atoms with E-state index in [1.807, 2.05) is 0 Å². The standard InChI is InChI=1S/C17H18N2O5/c1-3-24-14-8-9-15(16(11-14)19(21)22)18-17(20)10-12-4-6-13(23-2)7-5-12/h4-9,11H,3,10H2,1-2H3,(H,18,20). The van der Waals surface area contributed by atoms with Crippen molar-refractivity contribution in [3.05, 3.63) is 58.1 Å². The summed E-state index contributed by atoms with van der Waals surface area (Å²) >= 11 is 0. The minimum absolute atomic E-state index is 0.106. The lowest BCUT2D eigenvalue weighted by Gasteiger charge is -2.09. The summed E-state index contributed by atoms with van der Waals surface area (Å²) in [7, 11) is 1.56. The van der Waals surface area contributed by atoms with Gasteiger partial charge in [0.15, 0.2) is 0 Å². The molecule has 0 spiro atoms. The van der Waals surface area contributed by atoms with E-state index in [1.54, 1.807) is 44.4 Å². The second kappa shape index (κ2) is 7.96. The molecule has 2 aromatic carbocycles. The lowest BCUT2D eigenvalue weighted by atomic mass is 10.1. The van der Waals surface area contributed by atoms with Crippen molar-refractivity contribution in [2.75, 3.05) is 19.0 Å². The van der Waals surface area contributed by atoms with Crippen LogP contribution in [-0.2, 0) is 11.2 Å². The van der Waals surface area contributed by atoms with Crippen LogP contribution in [0.2, 0.25) is 0 Å². The third kappa shape index (κ3) is 4.45. The zero-order valence-corrected chi connectivity index (χ0v) is 13.4. The average molecular weight is 330 g/mol. The van der Waals surface area contributed by atoms with Crippen LogP contribution in [-0.4, -0.2) is 24.5 Å². The molecule has 0 saturated carbocycles. The van der Waals surface area contributed by atoms with Crippen LogP contribution in [0.15, 0.2) is 42.5 Å². The molecule has 0 aliphatic rings. The number of hydrogen-bond donors (Lipinski definition) is 1. The number of carbonyl (C=O) groups is 1. The molecule has 0 fully saturated rings. The second-order valence-corrected chi connectivity index (χ2v) is 4.94. The first-order valence-corrected chi connectivity index (χ1v) is 7.37. The molecular formula is C17H18N2O5. The Morgan fingerprint density at radius 3 is 2.42 bits per heavy atom. The molecule has 7 nitrogen and oxygen atoms in total. The third-order valence-electron chi connectivity index (χ3n) is 3.27. The summed E-state index contributed by atoms with van der Waals surface area (Å²) in [5.41, 5.74) is 0.716. The maximum absolute atomic E-state index is 12.1. The van der Waals surface area contributed by atoms with Crippen LogP contribution in [0, 0.1) is 10.1 Å². The number of benzene rings is 2. The molecule has 0 saturated heterocycles. The third-order valence-corrected chi connectivity index (χ3v) is 3.27. The van der Waals surface area contributed by atoms with Gasteiger partial charge in [-0.15, -0.1) is 0 Å². The summed E-state index contributed by atoms with van der Waals surface area (Å²) in [4.78, 5) is 22.7. The van der Waals surface area contributed by atoms with E-state index in [9.17, 15) is 14.9 Å². The lowest BCUT2D eigenvalue weighted by molar-refractivity contribution is -0.384. The summed E-state index contributed by atoms with van der Waals surface area (Å²) in [6.07, 6.45) is 0.106. The number of anilines is 1. The van der Waals surface area contributed by atoms with E-state index in [4.69, 9.17) is 9.47 Å². The van der Waals surface area contributed by atoms with Crippen LogP contribution in [0.25, 0.3) is 0 Å². The summed E-state index contributed by atoms with van der Waals surface area (Å²) < 4.78 is 10.3. The van der Waals surface area contributed by atoms with Gasteiger partial charge in [0, 0.05) is 0 Å². The number of methoxy groups -OCH3 is 1. The first-order chi connectivity index (χ1) is 11.5. The maximum Gasteiger partial charge on any atom is 0.296 e. The number of nitro groups is 1. The maximum atomic E-state index is 12.1. The number of amides is 1. The van der Waals surface area contributed by atoms with Gasteiger partial charge in [-0.3, -0.25) is 14.9 Å². The van der Waals surface area contributed by atoms with Crippen LogP contribution >= 0.6 is 0 Å². The van der Waals surface area contributed by atoms with Crippen LogP contribution in [0.4, 0.5) is 11.4 Å². The average Bonchev–Trinajstić information content (AvgIpc) is 2.57. The smallest absolute Gasteiger partial charge is 0.296 e. The highest BCUT2D eigenvalue weighted by Gasteiger charge is 2.17. The Morgan fingerprint density at radius 1 is 1.17 bits per heavy atom. The highest BCUT2D eigenvalue weighted by atomic mass is 16.6. The SMILES string of the molecule is CCOc1ccc(NC(=O)Cc2ccc(OC)cc2)c([N+](=O)[O-])c1. The van der Waals surface area contributed by atoms with E-state index in [0.29, 0.717) is 18.1 Å². The highest BCUT2D eigenvalue weighted by Crippen LogP contribution is 2.29. The molecule has 24 heavy (non-hydrogen) atoms. The fraction of sp³-hybridized carbons (Fsp3) is 0.235. The van der Waals surface area contributed by atoms with E-state index in [2.05, 4.69) is 5.32 Å². The van der Waals surface area contributed by atoms with E-state index >= 15 is 0 Å². The number of ether oxygens (including phenoxy) is 2. The fourth-order valence-corrected chi connectivity index (χ4v) is 2.15. The van der Waals surface area contributed by atoms with Crippen molar-refractivity contribution in [1.82, 2.24) is 0 Å². The molecule has 7 heteroatoms. The zero-order chi connectivity index (χ0) is 17.5. The lowest BCUT2D eigenvalue weighted by Crippen LogP contribution is -2.15. The molecular weight excluding hydrogens is 312 g/mol. The molecule has 1 N–H and O–H groups in total. The number of nitrogens with zero attached hydrogens (tertiary/aromatic N) is 1. The highest BCUT2D eigenvalue weighted by molar-refractivity contribution is 5.94. The molecule has 126 valence electrons. The van der Waals surface area contributed by atoms with Gasteiger partial charge in [-0.2, -0.15) is 0 Å². The van der Waals surface area contributed by atoms with Crippen LogP contribution in [0.3, 0.4) is 0 Å². The second-order valence-electron chi connectivity index (χ2n) is 4.94. The van der Waals surface area contributed by atoms with Crippen molar-refractivity contribution in [3.8, 4) is 11.5 Å². The Hall–Kier alpha value is -3.09. The van der Waals surface area contributed by atoms with Crippen molar-refractivity contribution >= 4 is 17.3 Å². The monoisotopic (exact) mass is 330 g/mol. The summed E-state index contributed by atoms with van der Waals surface area (Å²) in [5, 5.41) is 13.7. The van der Waals surface area contributed by atoms with Gasteiger partial charge in [-0.1, -0.05) is 12.1 Å². The quantitative estimate of drug-likeness (QED) is 0.622. The van der Waals surface area contributed by atoms with Crippen LogP contribution < -0.4 is 14.8 Å². The number of rotatable bonds is 7. The predicted octanol–water partition coefficient (Wildman–Crippen LogP) is 3.18. The molecule has 2 aromatic rings. The Labute approximate surface area is 139 Å². The van der Waals surface area contributed by atoms with Gasteiger partial charge < -0.3 is 14.8 Å². The van der Waals surface area contributed by atoms with Gasteiger partial charge >= 0.3 is 0 Å². The van der Waals surface area contributed by atoms with Crippen LogP contribution in [0.1, 0.15) is 12.5 Å². The van der Waals surface area contributed by atoms with E-state index in [-0.39, 0.29) is 23.7 Å². The van der Waals surface area contributed by atoms with E-state index in [1.165, 1.54) is 12.1 Å². The Balaban J connectivity index is 2.11. The van der Waals surface area contributed by atoms with Crippen molar-refractivity contribution in [2.45, 2.75) is 13.3 Å². The Bertz CT molecular complexity index is 728. The molecule has 0 heterocycles. The Morgan fingerprint density at radius 2 is 1.83 bits per heavy atom. The van der Waals surface area contributed by atoms with Gasteiger partial charge in [0.1, 0.15) is 17.2 Å². The molecule has 0 radical (unpaired) electrons. The molecule has 0 unspecified atom stereocenters. The number of carbonyl (C=O) groups excluding carboxylic acids is 1. The normalized spacial score (nSPS) is 10.1. The van der Waals surface area contributed by atoms with Crippen molar-refractivity contribution in [3.63, 3.8) is 0 Å². The molecule has 2 rings (SSSR count). The van der Waals surface area contributed by atoms with Gasteiger partial charge in [-0.05, 0) is 36.8 Å². The molecule has 0 aliphatic heterocycles. The van der Waals surface area contributed by atoms with Crippen LogP contribution in [0.5, 0.6) is 11.5 Å². The first-order valence-electron chi connectivity index (χ1n) is 7.37. The molecule has 0 atom stereocenters. The van der Waals surface area contributed by atoms with Gasteiger partial charge in [0.25, 0.3) is 5.69 Å². The molecule has 0 aromatic heterocycles. The van der Waals surface area contributed by atoms with E-state index in [0.717, 1.165) is 5.56 Å². The minimum Gasteiger partial charge on any atom is -0.497 e. The zero-order valence-electron chi connectivity index (χ0n) is 13.4. The van der Waals surface area contributed by atoms with Gasteiger partial charge in [-0.25, -0.2) is 0 Å². The van der Waals surface area contributed by atoms with Gasteiger partial charge in [0.05, 0.1) is 31.1 Å². The molecule has 0 bridgehead atoms. The number of nitro benzene ring substituents is 1. The Kier molecular flexibility index (Phi) is 5.73. The summed E-state index contributed by atoms with van der Waals surface area (Å²) in [6.45, 7) is 2.19. The first kappa shape index (κ1) is 17.3. The summed E-state index contributed by atoms with van der Waals surface area (Å²) in [5.74, 6) is 0.742. The topological polar surface area (TPSA) is 90.7 Å². The predicted molar refractivity (Wildman–Crippen MR) is 89.6 cm³/mol. The largest absolute Gasteiger partial charge is 0.497 e. The van der Waals surface area contributed by atoms with Gasteiger partial charge in [0.2, 0.25) is 5.91 Å². The number of nitrogens with one attached hydrogen (secondary N) is 1. The van der Waals surface area contributed by atoms with Crippen molar-refractivity contribution in [1.29, 1.82) is 0 Å². The van der Waals surface area contributed by atoms with Crippen molar-refractivity contribution < 1.29 is 19.2 Å². The molecule has 0 aliphatic carbocycles. The number of hydrogen-bond acceptors (Lipinski definition) is 5. The van der Waals surface area contributed by atoms with E-state index < -0.39 is 4.92 Å².